The third-order valence-corrected chi connectivity index (χ3v) is 6.43. The van der Waals surface area contributed by atoms with Gasteiger partial charge < -0.3 is 9.15 Å². The van der Waals surface area contributed by atoms with Crippen LogP contribution < -0.4 is 10.4 Å². The van der Waals surface area contributed by atoms with Crippen LogP contribution >= 0.6 is 23.2 Å². The molecule has 0 saturated carbocycles. The predicted octanol–water partition coefficient (Wildman–Crippen LogP) is 6.35. The summed E-state index contributed by atoms with van der Waals surface area (Å²) in [6.45, 7) is 3.60. The van der Waals surface area contributed by atoms with Crippen molar-refractivity contribution in [1.82, 2.24) is 4.90 Å². The maximum atomic E-state index is 13.0. The Morgan fingerprint density at radius 2 is 1.75 bits per heavy atom. The van der Waals surface area contributed by atoms with Crippen molar-refractivity contribution in [3.05, 3.63) is 109 Å². The fourth-order valence-electron chi connectivity index (χ4n) is 4.21. The number of ether oxygens (including phenoxy) is 1. The molecule has 1 aromatic heterocycles. The van der Waals surface area contributed by atoms with E-state index in [4.69, 9.17) is 32.4 Å². The van der Waals surface area contributed by atoms with Gasteiger partial charge in [-0.3, -0.25) is 4.90 Å². The SMILES string of the molecule is Cc1c(Cc2ccccc2)c(=O)oc2c3c(c(Cl)cc12)OCN(Cc1ccc(Cl)cc1)C3. The van der Waals surface area contributed by atoms with Crippen molar-refractivity contribution in [1.29, 1.82) is 0 Å². The molecule has 0 radical (unpaired) electrons. The van der Waals surface area contributed by atoms with Crippen LogP contribution in [0.4, 0.5) is 0 Å². The van der Waals surface area contributed by atoms with E-state index in [9.17, 15) is 4.79 Å². The van der Waals surface area contributed by atoms with E-state index in [1.165, 1.54) is 0 Å². The van der Waals surface area contributed by atoms with Crippen molar-refractivity contribution in [2.45, 2.75) is 26.4 Å². The maximum Gasteiger partial charge on any atom is 0.340 e. The summed E-state index contributed by atoms with van der Waals surface area (Å²) in [5, 5.41) is 2.08. The summed E-state index contributed by atoms with van der Waals surface area (Å²) in [6, 6.07) is 19.5. The molecule has 0 saturated heterocycles. The zero-order chi connectivity index (χ0) is 22.2. The lowest BCUT2D eigenvalue weighted by atomic mass is 9.97. The van der Waals surface area contributed by atoms with Gasteiger partial charge in [0.05, 0.1) is 10.6 Å². The van der Waals surface area contributed by atoms with Gasteiger partial charge in [0.1, 0.15) is 18.1 Å². The molecular weight excluding hydrogens is 445 g/mol. The highest BCUT2D eigenvalue weighted by atomic mass is 35.5. The minimum Gasteiger partial charge on any atom is -0.476 e. The van der Waals surface area contributed by atoms with Gasteiger partial charge in [0, 0.05) is 35.5 Å². The van der Waals surface area contributed by atoms with Gasteiger partial charge in [0.2, 0.25) is 0 Å². The van der Waals surface area contributed by atoms with Crippen LogP contribution in [0.2, 0.25) is 10.0 Å². The van der Waals surface area contributed by atoms with Crippen LogP contribution in [0.15, 0.2) is 69.9 Å². The molecule has 0 amide bonds. The molecule has 0 fully saturated rings. The smallest absolute Gasteiger partial charge is 0.340 e. The first kappa shape index (κ1) is 21.1. The standard InChI is InChI=1S/C26H21Cl2NO3/c1-16-20-12-23(28)25-22(14-29(15-31-25)13-18-7-9-19(27)10-8-18)24(20)32-26(30)21(16)11-17-5-3-2-4-6-17/h2-10,12H,11,13-15H2,1H3. The molecule has 6 heteroatoms. The molecule has 0 bridgehead atoms. The Morgan fingerprint density at radius 3 is 2.50 bits per heavy atom. The first-order chi connectivity index (χ1) is 15.5. The first-order valence-electron chi connectivity index (χ1n) is 10.4. The lowest BCUT2D eigenvalue weighted by molar-refractivity contribution is 0.0890. The Balaban J connectivity index is 1.54. The van der Waals surface area contributed by atoms with Crippen molar-refractivity contribution in [3.8, 4) is 5.75 Å². The van der Waals surface area contributed by atoms with Crippen LogP contribution in [0.25, 0.3) is 11.0 Å². The monoisotopic (exact) mass is 465 g/mol. The van der Waals surface area contributed by atoms with E-state index in [0.29, 0.717) is 53.2 Å². The molecule has 0 aliphatic carbocycles. The Hall–Kier alpha value is -2.79. The molecule has 0 N–H and O–H groups in total. The summed E-state index contributed by atoms with van der Waals surface area (Å²) >= 11 is 12.6. The van der Waals surface area contributed by atoms with Gasteiger partial charge in [0.15, 0.2) is 0 Å². The van der Waals surface area contributed by atoms with Crippen molar-refractivity contribution in [2.24, 2.45) is 0 Å². The Bertz CT molecular complexity index is 1350. The summed E-state index contributed by atoms with van der Waals surface area (Å²) in [5.74, 6) is 0.588. The molecule has 4 aromatic rings. The quantitative estimate of drug-likeness (QED) is 0.329. The van der Waals surface area contributed by atoms with E-state index < -0.39 is 0 Å². The highest BCUT2D eigenvalue weighted by molar-refractivity contribution is 6.33. The van der Waals surface area contributed by atoms with E-state index in [1.54, 1.807) is 0 Å². The van der Waals surface area contributed by atoms with Crippen LogP contribution in [0.5, 0.6) is 5.75 Å². The summed E-state index contributed by atoms with van der Waals surface area (Å²) < 4.78 is 11.9. The summed E-state index contributed by atoms with van der Waals surface area (Å²) in [4.78, 5) is 15.1. The number of aryl methyl sites for hydroxylation is 1. The van der Waals surface area contributed by atoms with Gasteiger partial charge in [-0.2, -0.15) is 0 Å². The molecule has 0 spiro atoms. The van der Waals surface area contributed by atoms with Crippen molar-refractivity contribution < 1.29 is 9.15 Å². The fourth-order valence-corrected chi connectivity index (χ4v) is 4.62. The second-order valence-corrected chi connectivity index (χ2v) is 8.93. The van der Waals surface area contributed by atoms with Crippen molar-refractivity contribution in [2.75, 3.05) is 6.73 Å². The van der Waals surface area contributed by atoms with Crippen LogP contribution in [-0.2, 0) is 19.5 Å². The van der Waals surface area contributed by atoms with Gasteiger partial charge in [-0.05, 0) is 41.8 Å². The van der Waals surface area contributed by atoms with E-state index in [0.717, 1.165) is 27.6 Å². The third-order valence-electron chi connectivity index (χ3n) is 5.89. The highest BCUT2D eigenvalue weighted by Crippen LogP contribution is 2.40. The van der Waals surface area contributed by atoms with E-state index in [2.05, 4.69) is 4.90 Å². The molecule has 0 atom stereocenters. The molecule has 2 heterocycles. The third kappa shape index (κ3) is 4.02. The second-order valence-electron chi connectivity index (χ2n) is 8.09. The molecule has 4 nitrogen and oxygen atoms in total. The predicted molar refractivity (Wildman–Crippen MR) is 128 cm³/mol. The minimum atomic E-state index is -0.321. The van der Waals surface area contributed by atoms with E-state index in [-0.39, 0.29) is 5.63 Å². The lowest BCUT2D eigenvalue weighted by Gasteiger charge is -2.30. The molecule has 32 heavy (non-hydrogen) atoms. The second kappa shape index (κ2) is 8.62. The summed E-state index contributed by atoms with van der Waals surface area (Å²) in [7, 11) is 0. The summed E-state index contributed by atoms with van der Waals surface area (Å²) in [6.07, 6.45) is 0.513. The number of hydrogen-bond donors (Lipinski definition) is 0. The van der Waals surface area contributed by atoms with Gasteiger partial charge in [-0.25, -0.2) is 4.79 Å². The number of rotatable bonds is 4. The average molecular weight is 466 g/mol. The zero-order valence-electron chi connectivity index (χ0n) is 17.5. The Labute approximate surface area is 195 Å². The van der Waals surface area contributed by atoms with Gasteiger partial charge in [-0.15, -0.1) is 0 Å². The van der Waals surface area contributed by atoms with Crippen molar-refractivity contribution in [3.63, 3.8) is 0 Å². The van der Waals surface area contributed by atoms with Crippen LogP contribution in [0.3, 0.4) is 0 Å². The molecule has 5 rings (SSSR count). The first-order valence-corrected chi connectivity index (χ1v) is 11.2. The zero-order valence-corrected chi connectivity index (χ0v) is 19.0. The lowest BCUT2D eigenvalue weighted by Crippen LogP contribution is -2.32. The molecule has 1 aliphatic rings. The Kier molecular flexibility index (Phi) is 5.68. The maximum absolute atomic E-state index is 13.0. The number of halogens is 2. The number of hydrogen-bond acceptors (Lipinski definition) is 4. The molecule has 1 aliphatic heterocycles. The number of benzene rings is 3. The van der Waals surface area contributed by atoms with Crippen LogP contribution in [-0.4, -0.2) is 11.6 Å². The topological polar surface area (TPSA) is 42.7 Å². The highest BCUT2D eigenvalue weighted by Gasteiger charge is 2.26. The van der Waals surface area contributed by atoms with E-state index in [1.807, 2.05) is 67.6 Å². The summed E-state index contributed by atoms with van der Waals surface area (Å²) in [5.41, 5.74) is 4.75. The average Bonchev–Trinajstić information content (AvgIpc) is 2.80. The van der Waals surface area contributed by atoms with Crippen LogP contribution in [0, 0.1) is 6.92 Å². The Morgan fingerprint density at radius 1 is 1.00 bits per heavy atom. The number of nitrogens with zero attached hydrogens (tertiary/aromatic N) is 1. The number of fused-ring (bicyclic) bond motifs is 3. The molecule has 0 unspecified atom stereocenters. The normalized spacial score (nSPS) is 13.7. The fraction of sp³-hybridized carbons (Fsp3) is 0.192. The largest absolute Gasteiger partial charge is 0.476 e. The molecular formula is C26H21Cl2NO3. The van der Waals surface area contributed by atoms with Crippen LogP contribution in [0.1, 0.15) is 27.8 Å². The van der Waals surface area contributed by atoms with Crippen molar-refractivity contribution >= 4 is 34.2 Å². The molecule has 162 valence electrons. The van der Waals surface area contributed by atoms with Gasteiger partial charge in [0.25, 0.3) is 0 Å². The molecule has 3 aromatic carbocycles. The van der Waals surface area contributed by atoms with Gasteiger partial charge in [-0.1, -0.05) is 65.7 Å². The van der Waals surface area contributed by atoms with Gasteiger partial charge >= 0.3 is 5.63 Å². The van der Waals surface area contributed by atoms with E-state index >= 15 is 0 Å². The minimum absolute atomic E-state index is 0.321.